The highest BCUT2D eigenvalue weighted by atomic mass is 32.2. The molecule has 4 bridgehead atoms. The van der Waals surface area contributed by atoms with E-state index in [0.717, 1.165) is 49.1 Å². The molecule has 166 valence electrons. The van der Waals surface area contributed by atoms with Gasteiger partial charge >= 0.3 is 10.1 Å². The van der Waals surface area contributed by atoms with Crippen molar-refractivity contribution < 1.29 is 17.4 Å². The average molecular weight is 434 g/mol. The highest BCUT2D eigenvalue weighted by Crippen LogP contribution is 2.60. The molecule has 4 aliphatic rings. The fourth-order valence-electron chi connectivity index (χ4n) is 6.44. The minimum atomic E-state index is -3.53. The zero-order valence-electron chi connectivity index (χ0n) is 18.5. The van der Waals surface area contributed by atoms with Crippen molar-refractivity contribution in [3.05, 3.63) is 29.8 Å². The molecule has 5 nitrogen and oxygen atoms in total. The van der Waals surface area contributed by atoms with Crippen molar-refractivity contribution in [2.75, 3.05) is 12.3 Å². The number of rotatable bonds is 8. The summed E-state index contributed by atoms with van der Waals surface area (Å²) in [7, 11) is -3.53. The molecule has 1 aromatic carbocycles. The summed E-state index contributed by atoms with van der Waals surface area (Å²) in [6.45, 7) is 7.20. The smallest absolute Gasteiger partial charge is 0.308 e. The molecule has 0 N–H and O–H groups in total. The molecule has 1 amide bonds. The lowest BCUT2D eigenvalue weighted by Crippen LogP contribution is -2.54. The quantitative estimate of drug-likeness (QED) is 0.561. The van der Waals surface area contributed by atoms with Crippen molar-refractivity contribution >= 4 is 16.0 Å². The summed E-state index contributed by atoms with van der Waals surface area (Å²) < 4.78 is 28.4. The van der Waals surface area contributed by atoms with Gasteiger partial charge in [0.2, 0.25) is 5.91 Å². The van der Waals surface area contributed by atoms with Gasteiger partial charge in [0.15, 0.2) is 0 Å². The normalized spacial score (nSPS) is 29.9. The van der Waals surface area contributed by atoms with Gasteiger partial charge in [-0.3, -0.25) is 4.79 Å². The Morgan fingerprint density at radius 1 is 1.07 bits per heavy atom. The molecule has 30 heavy (non-hydrogen) atoms. The van der Waals surface area contributed by atoms with Crippen LogP contribution in [0.4, 0.5) is 0 Å². The predicted octanol–water partition coefficient (Wildman–Crippen LogP) is 4.62. The third-order valence-electron chi connectivity index (χ3n) is 7.24. The Hall–Kier alpha value is -1.56. The summed E-state index contributed by atoms with van der Waals surface area (Å²) >= 11 is 0. The maximum atomic E-state index is 13.9. The molecule has 0 spiro atoms. The largest absolute Gasteiger partial charge is 0.382 e. The minimum absolute atomic E-state index is 0.0590. The molecule has 0 atom stereocenters. The van der Waals surface area contributed by atoms with Crippen LogP contribution in [0, 0.1) is 29.1 Å². The fraction of sp³-hybridized carbons (Fsp3) is 0.708. The maximum absolute atomic E-state index is 13.9. The maximum Gasteiger partial charge on any atom is 0.308 e. The summed E-state index contributed by atoms with van der Waals surface area (Å²) in [6.07, 6.45) is 7.23. The molecule has 4 fully saturated rings. The number of carbonyl (C=O) groups is 1. The molecule has 0 heterocycles. The topological polar surface area (TPSA) is 63.7 Å². The van der Waals surface area contributed by atoms with Crippen LogP contribution in [-0.2, 0) is 21.5 Å². The first-order valence-electron chi connectivity index (χ1n) is 11.5. The molecule has 5 rings (SSSR count). The number of hydrogen-bond acceptors (Lipinski definition) is 4. The monoisotopic (exact) mass is 433 g/mol. The van der Waals surface area contributed by atoms with E-state index in [9.17, 15) is 13.2 Å². The van der Waals surface area contributed by atoms with Gasteiger partial charge in [-0.05, 0) is 86.8 Å². The third-order valence-corrected chi connectivity index (χ3v) is 8.39. The van der Waals surface area contributed by atoms with Gasteiger partial charge in [0.05, 0.1) is 11.2 Å². The van der Waals surface area contributed by atoms with Crippen molar-refractivity contribution in [2.24, 2.45) is 29.1 Å². The van der Waals surface area contributed by atoms with E-state index in [4.69, 9.17) is 4.18 Å². The standard InChI is InChI=1S/C24H35NO4S/c1-4-30(27,28)29-22-7-5-18(6-8-22)16-25(15-17(2)3)23(26)24-12-19-9-20(13-24)11-21(10-19)14-24/h5-8,17,19-21H,4,9-16H2,1-3H3. The van der Waals surface area contributed by atoms with Crippen LogP contribution in [0.15, 0.2) is 24.3 Å². The molecular weight excluding hydrogens is 398 g/mol. The summed E-state index contributed by atoms with van der Waals surface area (Å²) in [5.74, 6) is 3.26. The number of amides is 1. The second-order valence-electron chi connectivity index (χ2n) is 10.4. The fourth-order valence-corrected chi connectivity index (χ4v) is 6.97. The molecule has 0 aliphatic heterocycles. The molecular formula is C24H35NO4S. The molecule has 4 aliphatic carbocycles. The van der Waals surface area contributed by atoms with E-state index in [1.54, 1.807) is 19.1 Å². The first-order chi connectivity index (χ1) is 14.2. The number of carbonyl (C=O) groups excluding carboxylic acids is 1. The average Bonchev–Trinajstić information content (AvgIpc) is 2.67. The summed E-state index contributed by atoms with van der Waals surface area (Å²) in [4.78, 5) is 15.9. The Morgan fingerprint density at radius 2 is 1.60 bits per heavy atom. The van der Waals surface area contributed by atoms with Gasteiger partial charge in [-0.1, -0.05) is 26.0 Å². The molecule has 1 aromatic rings. The van der Waals surface area contributed by atoms with Gasteiger partial charge in [-0.15, -0.1) is 0 Å². The highest BCUT2D eigenvalue weighted by molar-refractivity contribution is 7.87. The first-order valence-corrected chi connectivity index (χ1v) is 13.1. The van der Waals surface area contributed by atoms with Gasteiger partial charge in [0.25, 0.3) is 0 Å². The number of hydrogen-bond donors (Lipinski definition) is 0. The van der Waals surface area contributed by atoms with Crippen LogP contribution in [0.5, 0.6) is 5.75 Å². The van der Waals surface area contributed by atoms with Crippen LogP contribution in [0.2, 0.25) is 0 Å². The van der Waals surface area contributed by atoms with Crippen LogP contribution >= 0.6 is 0 Å². The van der Waals surface area contributed by atoms with Crippen molar-refractivity contribution in [2.45, 2.75) is 65.8 Å². The van der Waals surface area contributed by atoms with E-state index in [1.165, 1.54) is 19.3 Å². The lowest BCUT2D eigenvalue weighted by Gasteiger charge is -2.56. The molecule has 0 saturated heterocycles. The van der Waals surface area contributed by atoms with Gasteiger partial charge in [0.1, 0.15) is 5.75 Å². The molecule has 4 saturated carbocycles. The van der Waals surface area contributed by atoms with E-state index in [1.807, 2.05) is 12.1 Å². The Labute approximate surface area is 181 Å². The minimum Gasteiger partial charge on any atom is -0.382 e. The van der Waals surface area contributed by atoms with Crippen molar-refractivity contribution in [1.82, 2.24) is 4.90 Å². The lowest BCUT2D eigenvalue weighted by molar-refractivity contribution is -0.158. The number of benzene rings is 1. The van der Waals surface area contributed by atoms with Gasteiger partial charge in [0, 0.05) is 13.1 Å². The van der Waals surface area contributed by atoms with E-state index in [0.29, 0.717) is 24.1 Å². The van der Waals surface area contributed by atoms with E-state index in [-0.39, 0.29) is 11.2 Å². The zero-order chi connectivity index (χ0) is 21.5. The molecule has 0 radical (unpaired) electrons. The van der Waals surface area contributed by atoms with Crippen LogP contribution in [0.25, 0.3) is 0 Å². The second-order valence-corrected chi connectivity index (χ2v) is 12.2. The Bertz CT molecular complexity index is 840. The van der Waals surface area contributed by atoms with E-state index in [2.05, 4.69) is 18.7 Å². The first kappa shape index (κ1) is 21.7. The summed E-state index contributed by atoms with van der Waals surface area (Å²) in [5, 5.41) is 0. The third kappa shape index (κ3) is 4.53. The predicted molar refractivity (Wildman–Crippen MR) is 117 cm³/mol. The lowest BCUT2D eigenvalue weighted by atomic mass is 9.49. The van der Waals surface area contributed by atoms with Gasteiger partial charge in [-0.25, -0.2) is 0 Å². The Balaban J connectivity index is 1.50. The van der Waals surface area contributed by atoms with Crippen LogP contribution < -0.4 is 4.18 Å². The zero-order valence-corrected chi connectivity index (χ0v) is 19.3. The van der Waals surface area contributed by atoms with Crippen molar-refractivity contribution in [3.63, 3.8) is 0 Å². The van der Waals surface area contributed by atoms with Gasteiger partial charge in [-0.2, -0.15) is 8.42 Å². The summed E-state index contributed by atoms with van der Waals surface area (Å²) in [6, 6.07) is 7.12. The summed E-state index contributed by atoms with van der Waals surface area (Å²) in [5.41, 5.74) is 0.872. The van der Waals surface area contributed by atoms with Crippen molar-refractivity contribution in [1.29, 1.82) is 0 Å². The Kier molecular flexibility index (Phi) is 5.90. The molecule has 6 heteroatoms. The van der Waals surface area contributed by atoms with Crippen LogP contribution in [0.3, 0.4) is 0 Å². The van der Waals surface area contributed by atoms with E-state index >= 15 is 0 Å². The molecule has 0 aromatic heterocycles. The number of nitrogens with zero attached hydrogens (tertiary/aromatic N) is 1. The Morgan fingerprint density at radius 3 is 2.07 bits per heavy atom. The van der Waals surface area contributed by atoms with Crippen LogP contribution in [-0.4, -0.2) is 31.5 Å². The van der Waals surface area contributed by atoms with Gasteiger partial charge < -0.3 is 9.08 Å². The SMILES string of the molecule is CCS(=O)(=O)Oc1ccc(CN(CC(C)C)C(=O)C23CC4CC(CC(C4)C2)C3)cc1. The van der Waals surface area contributed by atoms with E-state index < -0.39 is 10.1 Å². The van der Waals surface area contributed by atoms with Crippen molar-refractivity contribution in [3.8, 4) is 5.75 Å². The molecule has 0 unspecified atom stereocenters. The second kappa shape index (κ2) is 8.18. The van der Waals surface area contributed by atoms with Crippen LogP contribution in [0.1, 0.15) is 64.9 Å². The highest BCUT2D eigenvalue weighted by Gasteiger charge is 2.55.